The highest BCUT2D eigenvalue weighted by Crippen LogP contribution is 2.41. The Balaban J connectivity index is 0.619. The number of fused-ring (bicyclic) bond motifs is 2. The van der Waals surface area contributed by atoms with Crippen LogP contribution in [0.5, 0.6) is 23.3 Å². The van der Waals surface area contributed by atoms with Crippen LogP contribution in [0.25, 0.3) is 27.8 Å². The summed E-state index contributed by atoms with van der Waals surface area (Å²) in [7, 11) is 1.59. The molecule has 0 radical (unpaired) electrons. The molecule has 4 aliphatic rings. The molecule has 2 amide bonds. The van der Waals surface area contributed by atoms with Crippen molar-refractivity contribution in [1.29, 1.82) is 0 Å². The maximum atomic E-state index is 14.1. The summed E-state index contributed by atoms with van der Waals surface area (Å²) in [6.07, 6.45) is 10.0. The molecule has 8 heterocycles. The number of ether oxygens (including phenoxy) is 5. The van der Waals surface area contributed by atoms with E-state index in [2.05, 4.69) is 57.6 Å². The summed E-state index contributed by atoms with van der Waals surface area (Å²) in [5, 5.41) is 26.5. The molecule has 3 unspecified atom stereocenters. The van der Waals surface area contributed by atoms with Gasteiger partial charge in [-0.3, -0.25) is 14.6 Å². The topological polar surface area (TPSA) is 239 Å². The summed E-state index contributed by atoms with van der Waals surface area (Å²) < 4.78 is 35.1. The normalized spacial score (nSPS) is 20.9. The molecule has 2 bridgehead atoms. The third-order valence-corrected chi connectivity index (χ3v) is 16.2. The van der Waals surface area contributed by atoms with Crippen molar-refractivity contribution >= 4 is 46.4 Å². The zero-order valence-corrected chi connectivity index (χ0v) is 45.9. The number of nitrogens with zero attached hydrogens (tertiary/aromatic N) is 9. The van der Waals surface area contributed by atoms with Crippen LogP contribution in [-0.2, 0) is 20.9 Å². The zero-order chi connectivity index (χ0) is 55.3. The standard InChI is InChI=1S/C59H65N11O9S/c1-35(2)55(59(73)69-32-43(71)23-50(69)58(72)63-28-37-11-13-38(14-12-37)56-36(3)64-33-80-56)52-27-54(67-79-52)75-21-7-8-39-15-18-44(29-62-39)77-45-24-46(25-45)78-53-22-40(19-20-61-53)70-41-16-17-42(70)31-68(30-41)49-26-48(65-66-57(49)60)47-9-5-6-10-51(47)76-34-74-4/h5-15,18-20,22,26-27,29,33,35,41-43,45-46,50,55,71H,16-17,21,23-25,28,30-32,34H2,1-4H3,(H2,60,66)(H,63,72)/t41?,42?,43-,45?,46?,50+,55?/m1/s1. The van der Waals surface area contributed by atoms with Gasteiger partial charge in [-0.25, -0.2) is 9.97 Å². The number of benzene rings is 2. The quantitative estimate of drug-likeness (QED) is 0.0580. The Labute approximate surface area is 467 Å². The van der Waals surface area contributed by atoms with Gasteiger partial charge < -0.3 is 59.1 Å². The van der Waals surface area contributed by atoms with Gasteiger partial charge in [0.15, 0.2) is 18.4 Å². The van der Waals surface area contributed by atoms with E-state index in [4.69, 9.17) is 33.9 Å². The summed E-state index contributed by atoms with van der Waals surface area (Å²) in [6, 6.07) is 26.9. The summed E-state index contributed by atoms with van der Waals surface area (Å²) in [5.41, 5.74) is 15.4. The van der Waals surface area contributed by atoms with E-state index in [1.807, 2.05) is 111 Å². The number of piperazine rings is 1. The highest BCUT2D eigenvalue weighted by atomic mass is 32.1. The number of nitrogens with one attached hydrogen (secondary N) is 1. The van der Waals surface area contributed by atoms with Crippen LogP contribution >= 0.6 is 11.3 Å². The number of β-amino-alcohol motifs (C(OH)–C–C–N with tert-alkyl or cyclic N) is 1. The molecule has 11 rings (SSSR count). The summed E-state index contributed by atoms with van der Waals surface area (Å²) in [5.74, 6) is 1.26. The van der Waals surface area contributed by atoms with Gasteiger partial charge in [0.2, 0.25) is 17.7 Å². The van der Waals surface area contributed by atoms with E-state index in [1.54, 1.807) is 30.7 Å². The molecule has 80 heavy (non-hydrogen) atoms. The lowest BCUT2D eigenvalue weighted by molar-refractivity contribution is -0.141. The lowest BCUT2D eigenvalue weighted by Gasteiger charge is -2.43. The predicted octanol–water partition coefficient (Wildman–Crippen LogP) is 7.87. The third kappa shape index (κ3) is 12.0. The SMILES string of the molecule is COCOc1ccccc1-c1cc(N2CC3CCC(C2)N3c2ccnc(OC3CC(Oc4ccc(C=CCOc5cc(C(C(=O)N6C[C@H](O)C[C@H]6C(=O)NCc6ccc(-c7scnc7C)cc6)C(C)C)on5)nc4)C3)c2)c(N)nn1. The van der Waals surface area contributed by atoms with Gasteiger partial charge in [0.1, 0.15) is 42.3 Å². The first kappa shape index (κ1) is 53.8. The fraction of sp³-hybridized carbons (Fsp3) is 0.390. The Kier molecular flexibility index (Phi) is 16.2. The Morgan fingerprint density at radius 1 is 0.900 bits per heavy atom. The number of methoxy groups -OCH3 is 1. The van der Waals surface area contributed by atoms with Crippen molar-refractivity contribution in [3.05, 3.63) is 132 Å². The molecule has 4 fully saturated rings. The maximum absolute atomic E-state index is 14.1. The van der Waals surface area contributed by atoms with Crippen LogP contribution in [0.1, 0.15) is 74.6 Å². The molecule has 3 saturated heterocycles. The van der Waals surface area contributed by atoms with Crippen LogP contribution < -0.4 is 39.8 Å². The van der Waals surface area contributed by atoms with Crippen LogP contribution in [0, 0.1) is 12.8 Å². The predicted molar refractivity (Wildman–Crippen MR) is 301 cm³/mol. The first-order valence-corrected chi connectivity index (χ1v) is 28.0. The van der Waals surface area contributed by atoms with Gasteiger partial charge in [-0.1, -0.05) is 50.2 Å². The number of aromatic nitrogens is 6. The second kappa shape index (κ2) is 24.1. The number of carbonyl (C=O) groups excluding carboxylic acids is 2. The van der Waals surface area contributed by atoms with Crippen molar-refractivity contribution < 1.29 is 42.9 Å². The van der Waals surface area contributed by atoms with Crippen LogP contribution in [0.4, 0.5) is 17.2 Å². The number of nitrogen functional groups attached to an aromatic ring is 1. The van der Waals surface area contributed by atoms with E-state index in [0.29, 0.717) is 40.3 Å². The number of amides is 2. The van der Waals surface area contributed by atoms with Crippen LogP contribution in [0.3, 0.4) is 0 Å². The molecular formula is C59H65N11O9S. The number of aryl methyl sites for hydroxylation is 1. The van der Waals surface area contributed by atoms with Crippen molar-refractivity contribution in [2.24, 2.45) is 5.92 Å². The van der Waals surface area contributed by atoms with Crippen LogP contribution in [-0.4, -0.2) is 129 Å². The fourth-order valence-corrected chi connectivity index (χ4v) is 12.0. The molecule has 416 valence electrons. The van der Waals surface area contributed by atoms with E-state index in [-0.39, 0.29) is 80.8 Å². The summed E-state index contributed by atoms with van der Waals surface area (Å²) >= 11 is 1.58. The highest BCUT2D eigenvalue weighted by molar-refractivity contribution is 7.13. The number of hydrogen-bond donors (Lipinski definition) is 3. The van der Waals surface area contributed by atoms with Gasteiger partial charge in [-0.2, -0.15) is 0 Å². The molecule has 1 aliphatic carbocycles. The van der Waals surface area contributed by atoms with Crippen molar-refractivity contribution in [2.75, 3.05) is 55.7 Å². The Bertz CT molecular complexity index is 3280. The van der Waals surface area contributed by atoms with Gasteiger partial charge in [0, 0.05) is 94.2 Å². The molecule has 21 heteroatoms. The average molecular weight is 1100 g/mol. The second-order valence-electron chi connectivity index (χ2n) is 21.0. The Hall–Kier alpha value is -8.14. The number of para-hydroxylation sites is 1. The zero-order valence-electron chi connectivity index (χ0n) is 45.1. The van der Waals surface area contributed by atoms with Crippen molar-refractivity contribution in [1.82, 2.24) is 40.5 Å². The number of likely N-dealkylation sites (tertiary alicyclic amines) is 1. The number of hydrogen-bond acceptors (Lipinski definition) is 19. The number of aliphatic hydroxyl groups excluding tert-OH is 1. The average Bonchev–Trinajstić information content (AvgIpc) is 4.31. The molecule has 7 aromatic rings. The van der Waals surface area contributed by atoms with Crippen molar-refractivity contribution in [3.63, 3.8) is 0 Å². The molecule has 20 nitrogen and oxygen atoms in total. The molecule has 3 aliphatic heterocycles. The number of rotatable bonds is 21. The molecule has 5 atom stereocenters. The van der Waals surface area contributed by atoms with Gasteiger partial charge in [-0.15, -0.1) is 21.5 Å². The molecular weight excluding hydrogens is 1040 g/mol. The van der Waals surface area contributed by atoms with Crippen molar-refractivity contribution in [3.8, 4) is 45.0 Å². The number of thiazole rings is 1. The number of carbonyl (C=O) groups is 2. The van der Waals surface area contributed by atoms with Crippen molar-refractivity contribution in [2.45, 2.75) is 102 Å². The lowest BCUT2D eigenvalue weighted by Crippen LogP contribution is -2.54. The number of nitrogens with two attached hydrogens (primary N) is 1. The van der Waals surface area contributed by atoms with Gasteiger partial charge in [-0.05, 0) is 90.5 Å². The largest absolute Gasteiger partial charge is 0.489 e. The molecule has 4 N–H and O–H groups in total. The minimum absolute atomic E-state index is 0.00861. The smallest absolute Gasteiger partial charge is 0.254 e. The van der Waals surface area contributed by atoms with E-state index in [9.17, 15) is 14.7 Å². The van der Waals surface area contributed by atoms with E-state index >= 15 is 0 Å². The van der Waals surface area contributed by atoms with Gasteiger partial charge in [0.05, 0.1) is 45.5 Å². The molecule has 2 aromatic carbocycles. The Morgan fingerprint density at radius 2 is 1.70 bits per heavy atom. The number of aliphatic hydroxyl groups is 1. The summed E-state index contributed by atoms with van der Waals surface area (Å²) in [4.78, 5) is 48.5. The van der Waals surface area contributed by atoms with Gasteiger partial charge >= 0.3 is 0 Å². The van der Waals surface area contributed by atoms with E-state index < -0.39 is 18.1 Å². The second-order valence-corrected chi connectivity index (χ2v) is 21.9. The lowest BCUT2D eigenvalue weighted by atomic mass is 9.91. The molecule has 1 saturated carbocycles. The highest BCUT2D eigenvalue weighted by Gasteiger charge is 2.44. The monoisotopic (exact) mass is 1100 g/mol. The minimum Gasteiger partial charge on any atom is -0.489 e. The number of anilines is 3. The van der Waals surface area contributed by atoms with Gasteiger partial charge in [0.25, 0.3) is 5.88 Å². The van der Waals surface area contributed by atoms with E-state index in [0.717, 1.165) is 77.4 Å². The Morgan fingerprint density at radius 3 is 2.45 bits per heavy atom. The first-order valence-electron chi connectivity index (χ1n) is 27.1. The summed E-state index contributed by atoms with van der Waals surface area (Å²) in [6.45, 7) is 7.97. The van der Waals surface area contributed by atoms with E-state index in [1.165, 1.54) is 4.90 Å². The van der Waals surface area contributed by atoms with Crippen LogP contribution in [0.15, 0.2) is 113 Å². The minimum atomic E-state index is -0.835. The van der Waals surface area contributed by atoms with Crippen LogP contribution in [0.2, 0.25) is 0 Å². The maximum Gasteiger partial charge on any atom is 0.254 e. The first-order chi connectivity index (χ1) is 38.9. The molecule has 0 spiro atoms. The fourth-order valence-electron chi connectivity index (χ4n) is 11.1. The number of pyridine rings is 2. The third-order valence-electron chi connectivity index (χ3n) is 15.2. The molecule has 5 aromatic heterocycles.